The first kappa shape index (κ1) is 13.6. The van der Waals surface area contributed by atoms with Gasteiger partial charge in [0.25, 0.3) is 5.19 Å². The lowest BCUT2D eigenvalue weighted by atomic mass is 9.98. The second kappa shape index (κ2) is 5.95. The molecule has 0 bridgehead atoms. The number of thiazole rings is 1. The van der Waals surface area contributed by atoms with Crippen molar-refractivity contribution in [1.29, 1.82) is 0 Å². The molecule has 1 aromatic carbocycles. The number of nitrogens with zero attached hydrogens (tertiary/aromatic N) is 1. The van der Waals surface area contributed by atoms with E-state index < -0.39 is 0 Å². The maximum absolute atomic E-state index is 14.5. The highest BCUT2D eigenvalue weighted by Crippen LogP contribution is 2.35. The van der Waals surface area contributed by atoms with E-state index in [-0.39, 0.29) is 11.9 Å². The van der Waals surface area contributed by atoms with Crippen LogP contribution in [0, 0.1) is 5.82 Å². The van der Waals surface area contributed by atoms with Gasteiger partial charge in [-0.1, -0.05) is 17.8 Å². The van der Waals surface area contributed by atoms with Gasteiger partial charge in [-0.15, -0.1) is 0 Å². The summed E-state index contributed by atoms with van der Waals surface area (Å²) in [5, 5.41) is 0.510. The highest BCUT2D eigenvalue weighted by atomic mass is 32.1. The number of halogens is 1. The third-order valence-corrected chi connectivity index (χ3v) is 4.53. The summed E-state index contributed by atoms with van der Waals surface area (Å²) >= 11 is 1.24. The van der Waals surface area contributed by atoms with Crippen molar-refractivity contribution in [2.24, 2.45) is 0 Å². The lowest BCUT2D eigenvalue weighted by Gasteiger charge is -2.23. The summed E-state index contributed by atoms with van der Waals surface area (Å²) in [4.78, 5) is 4.25. The summed E-state index contributed by atoms with van der Waals surface area (Å²) in [5.41, 5.74) is 0.631. The first-order valence-corrected chi connectivity index (χ1v) is 7.98. The molecular weight excluding hydrogens is 277 g/mol. The average molecular weight is 295 g/mol. The van der Waals surface area contributed by atoms with Gasteiger partial charge in [0.2, 0.25) is 0 Å². The molecule has 1 aliphatic carbocycles. The molecule has 1 aliphatic rings. The smallest absolute Gasteiger partial charge is 0.274 e. The summed E-state index contributed by atoms with van der Waals surface area (Å²) in [6, 6.07) is 3.48. The molecule has 20 heavy (non-hydrogen) atoms. The third-order valence-electron chi connectivity index (χ3n) is 3.56. The normalized spacial score (nSPS) is 16.5. The van der Waals surface area contributed by atoms with Gasteiger partial charge >= 0.3 is 0 Å². The molecule has 0 atom stereocenters. The van der Waals surface area contributed by atoms with E-state index in [1.165, 1.54) is 30.6 Å². The minimum absolute atomic E-state index is 0.148. The largest absolute Gasteiger partial charge is 0.487 e. The van der Waals surface area contributed by atoms with Crippen molar-refractivity contribution in [3.63, 3.8) is 0 Å². The molecule has 5 heteroatoms. The molecule has 3 nitrogen and oxygen atoms in total. The Kier molecular flexibility index (Phi) is 4.05. The number of ether oxygens (including phenoxy) is 2. The number of aromatic nitrogens is 1. The van der Waals surface area contributed by atoms with Gasteiger partial charge in [-0.2, -0.15) is 0 Å². The van der Waals surface area contributed by atoms with Crippen LogP contribution in [-0.4, -0.2) is 17.7 Å². The monoisotopic (exact) mass is 295 g/mol. The fraction of sp³-hybridized carbons (Fsp3) is 0.533. The van der Waals surface area contributed by atoms with E-state index in [0.29, 0.717) is 27.8 Å². The van der Waals surface area contributed by atoms with Crippen LogP contribution in [0.1, 0.15) is 39.0 Å². The van der Waals surface area contributed by atoms with Crippen LogP contribution in [0.2, 0.25) is 0 Å². The number of rotatable bonds is 4. The molecule has 1 heterocycles. The van der Waals surface area contributed by atoms with Gasteiger partial charge in [-0.25, -0.2) is 9.37 Å². The fourth-order valence-corrected chi connectivity index (χ4v) is 3.46. The molecule has 1 fully saturated rings. The maximum atomic E-state index is 14.5. The molecule has 0 aliphatic heterocycles. The van der Waals surface area contributed by atoms with E-state index in [9.17, 15) is 4.39 Å². The van der Waals surface area contributed by atoms with Crippen LogP contribution in [-0.2, 0) is 0 Å². The van der Waals surface area contributed by atoms with Crippen LogP contribution in [0.15, 0.2) is 12.1 Å². The van der Waals surface area contributed by atoms with Crippen LogP contribution in [0.3, 0.4) is 0 Å². The zero-order valence-corrected chi connectivity index (χ0v) is 12.3. The Balaban J connectivity index is 1.85. The van der Waals surface area contributed by atoms with Crippen LogP contribution in [0.4, 0.5) is 4.39 Å². The molecule has 0 saturated heterocycles. The molecule has 0 unspecified atom stereocenters. The van der Waals surface area contributed by atoms with Gasteiger partial charge in [0.1, 0.15) is 0 Å². The molecule has 2 aromatic rings. The van der Waals surface area contributed by atoms with Gasteiger partial charge in [0.15, 0.2) is 11.6 Å². The van der Waals surface area contributed by atoms with E-state index in [2.05, 4.69) is 4.98 Å². The van der Waals surface area contributed by atoms with Crippen molar-refractivity contribution in [2.75, 3.05) is 6.61 Å². The van der Waals surface area contributed by atoms with Crippen molar-refractivity contribution in [1.82, 2.24) is 4.98 Å². The van der Waals surface area contributed by atoms with Crippen molar-refractivity contribution in [3.05, 3.63) is 17.9 Å². The lowest BCUT2D eigenvalue weighted by Crippen LogP contribution is -2.20. The molecule has 0 spiro atoms. The fourth-order valence-electron chi connectivity index (χ4n) is 2.56. The summed E-state index contributed by atoms with van der Waals surface area (Å²) in [5.74, 6) is 0.0348. The Morgan fingerprint density at radius 1 is 1.30 bits per heavy atom. The highest BCUT2D eigenvalue weighted by molar-refractivity contribution is 7.20. The van der Waals surface area contributed by atoms with Gasteiger partial charge in [0, 0.05) is 0 Å². The van der Waals surface area contributed by atoms with Gasteiger partial charge in [0.05, 0.1) is 22.9 Å². The van der Waals surface area contributed by atoms with Crippen LogP contribution in [0.25, 0.3) is 10.2 Å². The lowest BCUT2D eigenvalue weighted by molar-refractivity contribution is 0.149. The van der Waals surface area contributed by atoms with Crippen LogP contribution >= 0.6 is 11.3 Å². The predicted octanol–water partition coefficient (Wildman–Crippen LogP) is 4.55. The topological polar surface area (TPSA) is 31.4 Å². The van der Waals surface area contributed by atoms with Crippen molar-refractivity contribution >= 4 is 21.6 Å². The summed E-state index contributed by atoms with van der Waals surface area (Å²) in [6.07, 6.45) is 5.78. The highest BCUT2D eigenvalue weighted by Gasteiger charge is 2.19. The minimum Gasteiger partial charge on any atom is -0.487 e. The zero-order valence-electron chi connectivity index (χ0n) is 11.5. The summed E-state index contributed by atoms with van der Waals surface area (Å²) in [6.45, 7) is 2.42. The first-order chi connectivity index (χ1) is 9.78. The van der Waals surface area contributed by atoms with E-state index in [1.807, 2.05) is 6.92 Å². The van der Waals surface area contributed by atoms with E-state index in [4.69, 9.17) is 9.47 Å². The number of hydrogen-bond donors (Lipinski definition) is 0. The quantitative estimate of drug-likeness (QED) is 0.829. The summed E-state index contributed by atoms with van der Waals surface area (Å²) in [7, 11) is 0. The second-order valence-electron chi connectivity index (χ2n) is 5.02. The predicted molar refractivity (Wildman–Crippen MR) is 78.2 cm³/mol. The van der Waals surface area contributed by atoms with Crippen molar-refractivity contribution < 1.29 is 13.9 Å². The standard InChI is InChI=1S/C15H18FNO2S/c1-2-18-15-17-11-8-9-12(13(16)14(11)20-15)19-10-6-4-3-5-7-10/h8-10H,2-7H2,1H3. The van der Waals surface area contributed by atoms with Crippen molar-refractivity contribution in [2.45, 2.75) is 45.1 Å². The molecule has 0 amide bonds. The molecule has 0 N–H and O–H groups in total. The molecule has 1 aromatic heterocycles. The van der Waals surface area contributed by atoms with Gasteiger partial charge in [-0.3, -0.25) is 0 Å². The Bertz CT molecular complexity index is 593. The van der Waals surface area contributed by atoms with Crippen molar-refractivity contribution in [3.8, 4) is 10.9 Å². The van der Waals surface area contributed by atoms with Gasteiger partial charge in [-0.05, 0) is 44.7 Å². The number of hydrogen-bond acceptors (Lipinski definition) is 4. The average Bonchev–Trinajstić information content (AvgIpc) is 2.87. The minimum atomic E-state index is -0.309. The van der Waals surface area contributed by atoms with Crippen LogP contribution < -0.4 is 9.47 Å². The molecule has 1 saturated carbocycles. The molecule has 3 rings (SSSR count). The number of benzene rings is 1. The maximum Gasteiger partial charge on any atom is 0.274 e. The zero-order chi connectivity index (χ0) is 13.9. The first-order valence-electron chi connectivity index (χ1n) is 7.16. The van der Waals surface area contributed by atoms with E-state index >= 15 is 0 Å². The summed E-state index contributed by atoms with van der Waals surface area (Å²) < 4.78 is 26.1. The third kappa shape index (κ3) is 2.73. The molecule has 108 valence electrons. The second-order valence-corrected chi connectivity index (χ2v) is 5.98. The number of fused-ring (bicyclic) bond motifs is 1. The Hall–Kier alpha value is -1.36. The SMILES string of the molecule is CCOc1nc2ccc(OC3CCCCC3)c(F)c2s1. The Morgan fingerprint density at radius 2 is 2.10 bits per heavy atom. The Morgan fingerprint density at radius 3 is 2.85 bits per heavy atom. The molecular formula is C15H18FNO2S. The molecule has 0 radical (unpaired) electrons. The van der Waals surface area contributed by atoms with Gasteiger partial charge < -0.3 is 9.47 Å². The van der Waals surface area contributed by atoms with E-state index in [0.717, 1.165) is 12.8 Å². The Labute approximate surface area is 121 Å². The van der Waals surface area contributed by atoms with E-state index in [1.54, 1.807) is 12.1 Å². The van der Waals surface area contributed by atoms with Crippen LogP contribution in [0.5, 0.6) is 10.9 Å².